The van der Waals surface area contributed by atoms with Gasteiger partial charge < -0.3 is 0 Å². The lowest BCUT2D eigenvalue weighted by Gasteiger charge is -2.02. The molecule has 0 spiro atoms. The van der Waals surface area contributed by atoms with Crippen LogP contribution < -0.4 is 0 Å². The van der Waals surface area contributed by atoms with Crippen molar-refractivity contribution in [3.05, 3.63) is 66.5 Å². The van der Waals surface area contributed by atoms with Gasteiger partial charge in [0.05, 0.1) is 16.3 Å². The van der Waals surface area contributed by atoms with Crippen molar-refractivity contribution in [2.75, 3.05) is 12.0 Å². The predicted octanol–water partition coefficient (Wildman–Crippen LogP) is 2.65. The molecule has 3 rings (SSSR count). The minimum atomic E-state index is -3.26. The van der Waals surface area contributed by atoms with Crippen LogP contribution in [0.25, 0.3) is 5.69 Å². The summed E-state index contributed by atoms with van der Waals surface area (Å²) >= 11 is 1.24. The molecule has 0 aliphatic carbocycles. The summed E-state index contributed by atoms with van der Waals surface area (Å²) in [5.41, 5.74) is 1.35. The molecule has 0 unspecified atom stereocenters. The summed E-state index contributed by atoms with van der Waals surface area (Å²) in [5.74, 6) is 0.0675. The molecule has 0 aliphatic heterocycles. The zero-order valence-corrected chi connectivity index (χ0v) is 15.0. The molecule has 0 aliphatic rings. The number of rotatable bonds is 6. The molecule has 2 aromatic carbocycles. The van der Waals surface area contributed by atoms with E-state index in [0.29, 0.717) is 10.7 Å². The van der Waals surface area contributed by atoms with Crippen molar-refractivity contribution in [1.29, 1.82) is 0 Å². The first-order chi connectivity index (χ1) is 11.9. The second kappa shape index (κ2) is 7.20. The number of carbonyl (C=O) groups excluding carboxylic acids is 1. The van der Waals surface area contributed by atoms with Crippen LogP contribution in [0, 0.1) is 0 Å². The Bertz CT molecular complexity index is 981. The Morgan fingerprint density at radius 3 is 2.40 bits per heavy atom. The van der Waals surface area contributed by atoms with Gasteiger partial charge >= 0.3 is 0 Å². The summed E-state index contributed by atoms with van der Waals surface area (Å²) in [5, 5.41) is 4.83. The Hall–Kier alpha value is -2.45. The standard InChI is InChI=1S/C17H15N3O3S2/c1-25(22,23)15-9-7-13(8-10-15)16(21)11-24-17-18-12-20(19-17)14-5-3-2-4-6-14/h2-10,12H,11H2,1H3. The van der Waals surface area contributed by atoms with Gasteiger partial charge in [-0.3, -0.25) is 4.79 Å². The molecule has 0 amide bonds. The van der Waals surface area contributed by atoms with Crippen LogP contribution in [0.1, 0.15) is 10.4 Å². The van der Waals surface area contributed by atoms with Gasteiger partial charge in [-0.25, -0.2) is 18.1 Å². The first-order valence-electron chi connectivity index (χ1n) is 7.37. The van der Waals surface area contributed by atoms with Gasteiger partial charge in [-0.05, 0) is 24.3 Å². The highest BCUT2D eigenvalue weighted by atomic mass is 32.2. The molecule has 1 aromatic heterocycles. The normalized spacial score (nSPS) is 11.4. The Labute approximate surface area is 149 Å². The highest BCUT2D eigenvalue weighted by molar-refractivity contribution is 7.99. The number of aromatic nitrogens is 3. The number of para-hydroxylation sites is 1. The maximum atomic E-state index is 12.2. The van der Waals surface area contributed by atoms with Crippen molar-refractivity contribution in [2.24, 2.45) is 0 Å². The van der Waals surface area contributed by atoms with Crippen LogP contribution in [-0.4, -0.2) is 41.0 Å². The second-order valence-electron chi connectivity index (χ2n) is 5.32. The molecule has 6 nitrogen and oxygen atoms in total. The third-order valence-electron chi connectivity index (χ3n) is 3.43. The van der Waals surface area contributed by atoms with E-state index in [1.54, 1.807) is 11.0 Å². The SMILES string of the molecule is CS(=O)(=O)c1ccc(C(=O)CSc2ncn(-c3ccccc3)n2)cc1. The minimum Gasteiger partial charge on any atom is -0.293 e. The Balaban J connectivity index is 1.64. The molecular formula is C17H15N3O3S2. The monoisotopic (exact) mass is 373 g/mol. The van der Waals surface area contributed by atoms with E-state index in [-0.39, 0.29) is 16.4 Å². The number of sulfone groups is 1. The predicted molar refractivity (Wildman–Crippen MR) is 96.0 cm³/mol. The van der Waals surface area contributed by atoms with Gasteiger partial charge in [0.2, 0.25) is 5.16 Å². The average Bonchev–Trinajstić information content (AvgIpc) is 3.09. The lowest BCUT2D eigenvalue weighted by Crippen LogP contribution is -2.04. The quantitative estimate of drug-likeness (QED) is 0.488. The van der Waals surface area contributed by atoms with Crippen molar-refractivity contribution < 1.29 is 13.2 Å². The maximum absolute atomic E-state index is 12.2. The fourth-order valence-corrected chi connectivity index (χ4v) is 3.45. The van der Waals surface area contributed by atoms with Crippen LogP contribution >= 0.6 is 11.8 Å². The molecular weight excluding hydrogens is 358 g/mol. The van der Waals surface area contributed by atoms with Crippen molar-refractivity contribution in [3.8, 4) is 5.69 Å². The number of thioether (sulfide) groups is 1. The van der Waals surface area contributed by atoms with E-state index >= 15 is 0 Å². The summed E-state index contributed by atoms with van der Waals surface area (Å²) in [6.45, 7) is 0. The third kappa shape index (κ3) is 4.34. The number of hydrogen-bond acceptors (Lipinski definition) is 6. The van der Waals surface area contributed by atoms with E-state index in [1.807, 2.05) is 30.3 Å². The third-order valence-corrected chi connectivity index (χ3v) is 5.41. The van der Waals surface area contributed by atoms with Gasteiger partial charge in [0, 0.05) is 11.8 Å². The minimum absolute atomic E-state index is 0.110. The van der Waals surface area contributed by atoms with Gasteiger partial charge in [0.15, 0.2) is 15.6 Å². The molecule has 25 heavy (non-hydrogen) atoms. The zero-order chi connectivity index (χ0) is 17.9. The Kier molecular flexibility index (Phi) is 5.00. The van der Waals surface area contributed by atoms with Gasteiger partial charge in [-0.15, -0.1) is 5.10 Å². The van der Waals surface area contributed by atoms with Crippen molar-refractivity contribution in [3.63, 3.8) is 0 Å². The zero-order valence-electron chi connectivity index (χ0n) is 13.4. The molecule has 3 aromatic rings. The molecule has 0 atom stereocenters. The van der Waals surface area contributed by atoms with Crippen molar-refractivity contribution in [1.82, 2.24) is 14.8 Å². The largest absolute Gasteiger partial charge is 0.293 e. The molecule has 0 radical (unpaired) electrons. The van der Waals surface area contributed by atoms with E-state index < -0.39 is 9.84 Å². The van der Waals surface area contributed by atoms with Crippen molar-refractivity contribution in [2.45, 2.75) is 10.1 Å². The highest BCUT2D eigenvalue weighted by Crippen LogP contribution is 2.17. The summed E-state index contributed by atoms with van der Waals surface area (Å²) in [7, 11) is -3.26. The number of nitrogens with zero attached hydrogens (tertiary/aromatic N) is 3. The molecule has 8 heteroatoms. The van der Waals surface area contributed by atoms with Crippen LogP contribution in [0.4, 0.5) is 0 Å². The van der Waals surface area contributed by atoms with Gasteiger partial charge in [0.1, 0.15) is 6.33 Å². The summed E-state index contributed by atoms with van der Waals surface area (Å²) in [6, 6.07) is 15.5. The van der Waals surface area contributed by atoms with Gasteiger partial charge in [-0.2, -0.15) is 0 Å². The Morgan fingerprint density at radius 2 is 1.76 bits per heavy atom. The summed E-state index contributed by atoms with van der Waals surface area (Å²) in [6.07, 6.45) is 2.73. The molecule has 0 saturated heterocycles. The van der Waals surface area contributed by atoms with Crippen LogP contribution in [0.5, 0.6) is 0 Å². The second-order valence-corrected chi connectivity index (χ2v) is 8.27. The molecule has 128 valence electrons. The van der Waals surface area contributed by atoms with Crippen LogP contribution in [0.3, 0.4) is 0 Å². The topological polar surface area (TPSA) is 81.9 Å². The van der Waals surface area contributed by atoms with E-state index in [9.17, 15) is 13.2 Å². The average molecular weight is 373 g/mol. The number of hydrogen-bond donors (Lipinski definition) is 0. The van der Waals surface area contributed by atoms with E-state index in [4.69, 9.17) is 0 Å². The number of Topliss-reactive ketones (excluding diaryl/α,β-unsaturated/α-hetero) is 1. The van der Waals surface area contributed by atoms with E-state index in [2.05, 4.69) is 10.1 Å². The fourth-order valence-electron chi connectivity index (χ4n) is 2.12. The lowest BCUT2D eigenvalue weighted by atomic mass is 10.1. The first-order valence-corrected chi connectivity index (χ1v) is 10.2. The van der Waals surface area contributed by atoms with Crippen molar-refractivity contribution >= 4 is 27.4 Å². The Morgan fingerprint density at radius 1 is 1.08 bits per heavy atom. The summed E-state index contributed by atoms with van der Waals surface area (Å²) in [4.78, 5) is 16.6. The summed E-state index contributed by atoms with van der Waals surface area (Å²) < 4.78 is 24.5. The van der Waals surface area contributed by atoms with Crippen LogP contribution in [-0.2, 0) is 9.84 Å². The number of carbonyl (C=O) groups is 1. The molecule has 0 saturated carbocycles. The lowest BCUT2D eigenvalue weighted by molar-refractivity contribution is 0.102. The molecule has 1 heterocycles. The van der Waals surface area contributed by atoms with Crippen LogP contribution in [0.15, 0.2) is 71.0 Å². The van der Waals surface area contributed by atoms with Crippen LogP contribution in [0.2, 0.25) is 0 Å². The number of ketones is 1. The molecule has 0 fully saturated rings. The van der Waals surface area contributed by atoms with E-state index in [0.717, 1.165) is 11.9 Å². The number of benzene rings is 2. The maximum Gasteiger partial charge on any atom is 0.209 e. The smallest absolute Gasteiger partial charge is 0.209 e. The van der Waals surface area contributed by atoms with E-state index in [1.165, 1.54) is 36.0 Å². The van der Waals surface area contributed by atoms with Gasteiger partial charge in [-0.1, -0.05) is 42.1 Å². The fraction of sp³-hybridized carbons (Fsp3) is 0.118. The molecule has 0 bridgehead atoms. The van der Waals surface area contributed by atoms with Gasteiger partial charge in [0.25, 0.3) is 0 Å². The highest BCUT2D eigenvalue weighted by Gasteiger charge is 2.12. The first kappa shape index (κ1) is 17.4. The molecule has 0 N–H and O–H groups in total.